The first-order valence-electron chi connectivity index (χ1n) is 4.92. The summed E-state index contributed by atoms with van der Waals surface area (Å²) in [4.78, 5) is 4.08. The zero-order valence-corrected chi connectivity index (χ0v) is 8.72. The third-order valence-electron chi connectivity index (χ3n) is 2.33. The molecule has 0 fully saturated rings. The van der Waals surface area contributed by atoms with Crippen molar-refractivity contribution >= 4 is 0 Å². The van der Waals surface area contributed by atoms with Crippen LogP contribution in [0.2, 0.25) is 0 Å². The van der Waals surface area contributed by atoms with Crippen molar-refractivity contribution in [2.45, 2.75) is 20.0 Å². The van der Waals surface area contributed by atoms with E-state index in [4.69, 9.17) is 5.73 Å². The fourth-order valence-electron chi connectivity index (χ4n) is 1.44. The quantitative estimate of drug-likeness (QED) is 0.810. The van der Waals surface area contributed by atoms with Gasteiger partial charge in [0.1, 0.15) is 12.2 Å². The Bertz CT molecular complexity index is 430. The minimum Gasteiger partial charge on any atom is -0.324 e. The fourth-order valence-corrected chi connectivity index (χ4v) is 1.44. The average molecular weight is 202 g/mol. The van der Waals surface area contributed by atoms with Gasteiger partial charge in [0.15, 0.2) is 0 Å². The highest BCUT2D eigenvalue weighted by Crippen LogP contribution is 2.05. The summed E-state index contributed by atoms with van der Waals surface area (Å²) < 4.78 is 1.82. The summed E-state index contributed by atoms with van der Waals surface area (Å²) in [7, 11) is 0. The van der Waals surface area contributed by atoms with Gasteiger partial charge in [0.25, 0.3) is 0 Å². The molecule has 0 saturated carbocycles. The first-order chi connectivity index (χ1) is 7.29. The van der Waals surface area contributed by atoms with Crippen molar-refractivity contribution in [3.63, 3.8) is 0 Å². The third-order valence-corrected chi connectivity index (χ3v) is 2.33. The van der Waals surface area contributed by atoms with Crippen LogP contribution in [0.5, 0.6) is 0 Å². The summed E-state index contributed by atoms with van der Waals surface area (Å²) in [5.41, 5.74) is 8.02. The van der Waals surface area contributed by atoms with Gasteiger partial charge in [-0.05, 0) is 12.5 Å². The number of nitrogens with two attached hydrogens (primary N) is 1. The lowest BCUT2D eigenvalue weighted by Crippen LogP contribution is -2.10. The van der Waals surface area contributed by atoms with Crippen LogP contribution in [0.3, 0.4) is 0 Å². The molecule has 2 N–H and O–H groups in total. The van der Waals surface area contributed by atoms with E-state index in [-0.39, 0.29) is 0 Å². The lowest BCUT2D eigenvalue weighted by atomic mass is 10.1. The van der Waals surface area contributed by atoms with Gasteiger partial charge in [-0.2, -0.15) is 5.10 Å². The molecule has 0 aliphatic carbocycles. The summed E-state index contributed by atoms with van der Waals surface area (Å²) in [6.45, 7) is 3.23. The van der Waals surface area contributed by atoms with Gasteiger partial charge < -0.3 is 5.73 Å². The number of rotatable bonds is 3. The maximum Gasteiger partial charge on any atom is 0.140 e. The molecule has 0 spiro atoms. The van der Waals surface area contributed by atoms with Crippen LogP contribution in [0.1, 0.15) is 17.0 Å². The Labute approximate surface area is 88.8 Å². The van der Waals surface area contributed by atoms with Crippen LogP contribution in [-0.4, -0.2) is 14.8 Å². The van der Waals surface area contributed by atoms with Crippen LogP contribution < -0.4 is 5.73 Å². The first kappa shape index (κ1) is 9.86. The molecule has 0 unspecified atom stereocenters. The van der Waals surface area contributed by atoms with E-state index in [1.807, 2.05) is 4.68 Å². The number of aromatic nitrogens is 3. The maximum absolute atomic E-state index is 5.55. The molecule has 1 aromatic heterocycles. The van der Waals surface area contributed by atoms with E-state index in [9.17, 15) is 0 Å². The Kier molecular flexibility index (Phi) is 2.78. The summed E-state index contributed by atoms with van der Waals surface area (Å²) >= 11 is 0. The molecule has 0 aliphatic heterocycles. The fraction of sp³-hybridized carbons (Fsp3) is 0.273. The van der Waals surface area contributed by atoms with E-state index in [1.54, 1.807) is 0 Å². The predicted octanol–water partition coefficient (Wildman–Crippen LogP) is 1.09. The van der Waals surface area contributed by atoms with E-state index < -0.39 is 0 Å². The van der Waals surface area contributed by atoms with Crippen LogP contribution in [0.25, 0.3) is 0 Å². The Morgan fingerprint density at radius 2 is 2.00 bits per heavy atom. The molecular formula is C11H14N4. The van der Waals surface area contributed by atoms with E-state index in [2.05, 4.69) is 41.3 Å². The summed E-state index contributed by atoms with van der Waals surface area (Å²) in [6.07, 6.45) is 1.54. The Morgan fingerprint density at radius 1 is 1.27 bits per heavy atom. The molecule has 0 bridgehead atoms. The molecule has 2 rings (SSSR count). The summed E-state index contributed by atoms with van der Waals surface area (Å²) in [6, 6.07) is 8.37. The van der Waals surface area contributed by atoms with Gasteiger partial charge >= 0.3 is 0 Å². The van der Waals surface area contributed by atoms with E-state index in [0.29, 0.717) is 6.54 Å². The zero-order chi connectivity index (χ0) is 10.7. The molecule has 15 heavy (non-hydrogen) atoms. The minimum atomic E-state index is 0.422. The van der Waals surface area contributed by atoms with Crippen LogP contribution in [-0.2, 0) is 13.1 Å². The molecule has 1 heterocycles. The Balaban J connectivity index is 2.18. The van der Waals surface area contributed by atoms with E-state index >= 15 is 0 Å². The number of benzene rings is 1. The van der Waals surface area contributed by atoms with Crippen LogP contribution in [0.15, 0.2) is 30.6 Å². The van der Waals surface area contributed by atoms with Crippen LogP contribution in [0.4, 0.5) is 0 Å². The van der Waals surface area contributed by atoms with Crippen LogP contribution >= 0.6 is 0 Å². The lowest BCUT2D eigenvalue weighted by molar-refractivity contribution is 0.638. The number of hydrogen-bond acceptors (Lipinski definition) is 3. The molecule has 0 aliphatic rings. The molecule has 2 aromatic rings. The zero-order valence-electron chi connectivity index (χ0n) is 8.72. The summed E-state index contributed by atoms with van der Waals surface area (Å²) in [5.74, 6) is 0.815. The molecule has 78 valence electrons. The monoisotopic (exact) mass is 202 g/mol. The normalized spacial score (nSPS) is 10.5. The van der Waals surface area contributed by atoms with Crippen molar-refractivity contribution in [1.29, 1.82) is 0 Å². The van der Waals surface area contributed by atoms with Crippen molar-refractivity contribution in [2.75, 3.05) is 0 Å². The molecule has 0 amide bonds. The maximum atomic E-state index is 5.55. The Morgan fingerprint density at radius 3 is 2.67 bits per heavy atom. The second-order valence-electron chi connectivity index (χ2n) is 3.52. The number of hydrogen-bond donors (Lipinski definition) is 1. The first-order valence-corrected chi connectivity index (χ1v) is 4.92. The van der Waals surface area contributed by atoms with Gasteiger partial charge in [-0.3, -0.25) is 0 Å². The standard InChI is InChI=1S/C11H14N4/c1-9-2-4-10(5-3-9)7-15-11(6-12)13-8-14-15/h2-5,8H,6-7,12H2,1H3. The average Bonchev–Trinajstić information content (AvgIpc) is 2.69. The molecule has 0 atom stereocenters. The highest BCUT2D eigenvalue weighted by Gasteiger charge is 2.02. The number of aryl methyl sites for hydroxylation is 1. The van der Waals surface area contributed by atoms with Crippen molar-refractivity contribution in [3.8, 4) is 0 Å². The highest BCUT2D eigenvalue weighted by molar-refractivity contribution is 5.21. The Hall–Kier alpha value is -1.68. The smallest absolute Gasteiger partial charge is 0.140 e. The van der Waals surface area contributed by atoms with Crippen molar-refractivity contribution < 1.29 is 0 Å². The van der Waals surface area contributed by atoms with Gasteiger partial charge in [0.05, 0.1) is 13.1 Å². The number of nitrogens with zero attached hydrogens (tertiary/aromatic N) is 3. The van der Waals surface area contributed by atoms with Crippen molar-refractivity contribution in [3.05, 3.63) is 47.5 Å². The van der Waals surface area contributed by atoms with Crippen molar-refractivity contribution in [2.24, 2.45) is 5.73 Å². The minimum absolute atomic E-state index is 0.422. The second kappa shape index (κ2) is 4.23. The predicted molar refractivity (Wildman–Crippen MR) is 58.2 cm³/mol. The second-order valence-corrected chi connectivity index (χ2v) is 3.52. The van der Waals surface area contributed by atoms with Gasteiger partial charge in [-0.25, -0.2) is 9.67 Å². The van der Waals surface area contributed by atoms with Crippen molar-refractivity contribution in [1.82, 2.24) is 14.8 Å². The molecule has 4 nitrogen and oxygen atoms in total. The molecule has 4 heteroatoms. The summed E-state index contributed by atoms with van der Waals surface area (Å²) in [5, 5.41) is 4.13. The van der Waals surface area contributed by atoms with Gasteiger partial charge in [0, 0.05) is 0 Å². The van der Waals surface area contributed by atoms with E-state index in [1.165, 1.54) is 17.5 Å². The van der Waals surface area contributed by atoms with Gasteiger partial charge in [-0.1, -0.05) is 29.8 Å². The van der Waals surface area contributed by atoms with Crippen LogP contribution in [0, 0.1) is 6.92 Å². The third kappa shape index (κ3) is 2.22. The highest BCUT2D eigenvalue weighted by atomic mass is 15.3. The molecule has 0 saturated heterocycles. The molecule has 0 radical (unpaired) electrons. The van der Waals surface area contributed by atoms with E-state index in [0.717, 1.165) is 12.4 Å². The van der Waals surface area contributed by atoms with Gasteiger partial charge in [-0.15, -0.1) is 0 Å². The topological polar surface area (TPSA) is 56.7 Å². The largest absolute Gasteiger partial charge is 0.324 e. The SMILES string of the molecule is Cc1ccc(Cn2ncnc2CN)cc1. The molecule has 1 aromatic carbocycles. The lowest BCUT2D eigenvalue weighted by Gasteiger charge is -2.04. The van der Waals surface area contributed by atoms with Gasteiger partial charge in [0.2, 0.25) is 0 Å². The molecular weight excluding hydrogens is 188 g/mol.